The van der Waals surface area contributed by atoms with Crippen molar-refractivity contribution in [3.05, 3.63) is 65.7 Å². The molecule has 2 aromatic rings. The summed E-state index contributed by atoms with van der Waals surface area (Å²) >= 11 is 0. The summed E-state index contributed by atoms with van der Waals surface area (Å²) in [6, 6.07) is 16.8. The zero-order chi connectivity index (χ0) is 14.4. The lowest BCUT2D eigenvalue weighted by Gasteiger charge is -2.15. The number of amides is 1. The molecule has 0 saturated heterocycles. The Morgan fingerprint density at radius 2 is 1.80 bits per heavy atom. The lowest BCUT2D eigenvalue weighted by atomic mass is 10.1. The third kappa shape index (κ3) is 3.44. The van der Waals surface area contributed by atoms with E-state index >= 15 is 0 Å². The Balaban J connectivity index is 2.09. The van der Waals surface area contributed by atoms with Gasteiger partial charge in [0.1, 0.15) is 0 Å². The molecular weight excluding hydrogens is 252 g/mol. The number of hydrogen-bond acceptors (Lipinski definition) is 3. The van der Waals surface area contributed by atoms with Crippen molar-refractivity contribution in [1.82, 2.24) is 0 Å². The molecule has 0 spiro atoms. The summed E-state index contributed by atoms with van der Waals surface area (Å²) in [6.07, 6.45) is -0.620. The molecule has 0 aliphatic heterocycles. The Bertz CT molecular complexity index is 552. The van der Waals surface area contributed by atoms with Gasteiger partial charge in [-0.2, -0.15) is 0 Å². The van der Waals surface area contributed by atoms with Gasteiger partial charge in [-0.15, -0.1) is 0 Å². The molecular formula is C16H18N2O2. The van der Waals surface area contributed by atoms with Gasteiger partial charge in [-0.05, 0) is 23.3 Å². The van der Waals surface area contributed by atoms with Crippen LogP contribution in [0.4, 0.5) is 5.69 Å². The second-order valence-corrected chi connectivity index (χ2v) is 4.42. The van der Waals surface area contributed by atoms with Crippen LogP contribution in [0.15, 0.2) is 54.6 Å². The number of anilines is 1. The second kappa shape index (κ2) is 6.84. The van der Waals surface area contributed by atoms with Crippen LogP contribution in [0, 0.1) is 0 Å². The topological polar surface area (TPSA) is 64.3 Å². The maximum atomic E-state index is 12.2. The van der Waals surface area contributed by atoms with Crippen molar-refractivity contribution in [3.8, 4) is 0 Å². The van der Waals surface area contributed by atoms with E-state index in [9.17, 15) is 4.79 Å². The Hall–Kier alpha value is -2.17. The van der Waals surface area contributed by atoms with Crippen LogP contribution in [0.25, 0.3) is 0 Å². The fourth-order valence-electron chi connectivity index (χ4n) is 1.95. The van der Waals surface area contributed by atoms with Crippen LogP contribution in [0.3, 0.4) is 0 Å². The first-order valence-corrected chi connectivity index (χ1v) is 6.42. The van der Waals surface area contributed by atoms with Crippen LogP contribution < -0.4 is 11.1 Å². The van der Waals surface area contributed by atoms with Crippen LogP contribution in [-0.2, 0) is 16.1 Å². The number of rotatable bonds is 5. The van der Waals surface area contributed by atoms with Crippen molar-refractivity contribution in [2.45, 2.75) is 12.6 Å². The van der Waals surface area contributed by atoms with Gasteiger partial charge in [0.05, 0.1) is 0 Å². The first kappa shape index (κ1) is 14.2. The van der Waals surface area contributed by atoms with Gasteiger partial charge >= 0.3 is 0 Å². The molecule has 3 N–H and O–H groups in total. The molecule has 104 valence electrons. The van der Waals surface area contributed by atoms with Gasteiger partial charge in [0.15, 0.2) is 6.10 Å². The Morgan fingerprint density at radius 3 is 2.35 bits per heavy atom. The van der Waals surface area contributed by atoms with Crippen molar-refractivity contribution in [1.29, 1.82) is 0 Å². The minimum absolute atomic E-state index is 0.195. The third-order valence-electron chi connectivity index (χ3n) is 3.03. The zero-order valence-corrected chi connectivity index (χ0v) is 11.4. The van der Waals surface area contributed by atoms with E-state index in [-0.39, 0.29) is 5.91 Å². The number of ether oxygens (including phenoxy) is 1. The van der Waals surface area contributed by atoms with Gasteiger partial charge in [0.25, 0.3) is 5.91 Å². The SMILES string of the molecule is COC(C(=O)Nc1ccc(CN)cc1)c1ccccc1. The molecule has 2 aromatic carbocycles. The van der Waals surface area contributed by atoms with Gasteiger partial charge in [-0.25, -0.2) is 0 Å². The minimum atomic E-state index is -0.620. The fourth-order valence-corrected chi connectivity index (χ4v) is 1.95. The largest absolute Gasteiger partial charge is 0.367 e. The van der Waals surface area contributed by atoms with Gasteiger partial charge in [-0.1, -0.05) is 42.5 Å². The Morgan fingerprint density at radius 1 is 1.15 bits per heavy atom. The first-order chi connectivity index (χ1) is 9.74. The minimum Gasteiger partial charge on any atom is -0.367 e. The number of nitrogens with one attached hydrogen (secondary N) is 1. The highest BCUT2D eigenvalue weighted by atomic mass is 16.5. The quantitative estimate of drug-likeness (QED) is 0.877. The van der Waals surface area contributed by atoms with Gasteiger partial charge in [0, 0.05) is 19.3 Å². The molecule has 1 atom stereocenters. The number of nitrogens with two attached hydrogens (primary N) is 1. The summed E-state index contributed by atoms with van der Waals surface area (Å²) in [4.78, 5) is 12.2. The second-order valence-electron chi connectivity index (χ2n) is 4.42. The molecule has 0 fully saturated rings. The highest BCUT2D eigenvalue weighted by molar-refractivity contribution is 5.94. The molecule has 0 bridgehead atoms. The van der Waals surface area contributed by atoms with E-state index in [0.717, 1.165) is 16.8 Å². The zero-order valence-electron chi connectivity index (χ0n) is 11.4. The lowest BCUT2D eigenvalue weighted by Crippen LogP contribution is -2.22. The highest BCUT2D eigenvalue weighted by Gasteiger charge is 2.19. The Labute approximate surface area is 118 Å². The number of carbonyl (C=O) groups excluding carboxylic acids is 1. The van der Waals surface area contributed by atoms with Crippen molar-refractivity contribution in [2.75, 3.05) is 12.4 Å². The molecule has 0 aliphatic rings. The molecule has 0 aromatic heterocycles. The molecule has 0 heterocycles. The summed E-state index contributed by atoms with van der Waals surface area (Å²) < 4.78 is 5.28. The average molecular weight is 270 g/mol. The fraction of sp³-hybridized carbons (Fsp3) is 0.188. The van der Waals surface area contributed by atoms with E-state index < -0.39 is 6.10 Å². The van der Waals surface area contributed by atoms with Crippen molar-refractivity contribution >= 4 is 11.6 Å². The molecule has 0 saturated carbocycles. The number of methoxy groups -OCH3 is 1. The first-order valence-electron chi connectivity index (χ1n) is 6.42. The van der Waals surface area contributed by atoms with E-state index in [2.05, 4.69) is 5.32 Å². The van der Waals surface area contributed by atoms with Crippen LogP contribution in [0.1, 0.15) is 17.2 Å². The molecule has 1 unspecified atom stereocenters. The van der Waals surface area contributed by atoms with Crippen LogP contribution in [0.5, 0.6) is 0 Å². The predicted octanol–water partition coefficient (Wildman–Crippen LogP) is 2.47. The standard InChI is InChI=1S/C16H18N2O2/c1-20-15(13-5-3-2-4-6-13)16(19)18-14-9-7-12(11-17)8-10-14/h2-10,15H,11,17H2,1H3,(H,18,19). The molecule has 4 nitrogen and oxygen atoms in total. The summed E-state index contributed by atoms with van der Waals surface area (Å²) in [5.74, 6) is -0.195. The predicted molar refractivity (Wildman–Crippen MR) is 79.2 cm³/mol. The van der Waals surface area contributed by atoms with E-state index in [0.29, 0.717) is 6.54 Å². The van der Waals surface area contributed by atoms with E-state index in [4.69, 9.17) is 10.5 Å². The molecule has 0 aliphatic carbocycles. The maximum absolute atomic E-state index is 12.2. The summed E-state index contributed by atoms with van der Waals surface area (Å²) in [6.45, 7) is 0.485. The average Bonchev–Trinajstić information content (AvgIpc) is 2.50. The molecule has 4 heteroatoms. The summed E-state index contributed by atoms with van der Waals surface area (Å²) in [7, 11) is 1.52. The lowest BCUT2D eigenvalue weighted by molar-refractivity contribution is -0.126. The van der Waals surface area contributed by atoms with E-state index in [1.807, 2.05) is 54.6 Å². The summed E-state index contributed by atoms with van der Waals surface area (Å²) in [5.41, 5.74) is 8.11. The van der Waals surface area contributed by atoms with Crippen LogP contribution >= 0.6 is 0 Å². The third-order valence-corrected chi connectivity index (χ3v) is 3.03. The Kier molecular flexibility index (Phi) is 4.87. The normalized spacial score (nSPS) is 11.9. The smallest absolute Gasteiger partial charge is 0.258 e. The monoisotopic (exact) mass is 270 g/mol. The van der Waals surface area contributed by atoms with Crippen molar-refractivity contribution < 1.29 is 9.53 Å². The molecule has 0 radical (unpaired) electrons. The van der Waals surface area contributed by atoms with Crippen molar-refractivity contribution in [3.63, 3.8) is 0 Å². The van der Waals surface area contributed by atoms with Gasteiger partial charge in [0.2, 0.25) is 0 Å². The van der Waals surface area contributed by atoms with Crippen molar-refractivity contribution in [2.24, 2.45) is 5.73 Å². The number of carbonyl (C=O) groups is 1. The summed E-state index contributed by atoms with van der Waals surface area (Å²) in [5, 5.41) is 2.84. The molecule has 1 amide bonds. The molecule has 20 heavy (non-hydrogen) atoms. The van der Waals surface area contributed by atoms with Crippen LogP contribution in [0.2, 0.25) is 0 Å². The van der Waals surface area contributed by atoms with Crippen LogP contribution in [-0.4, -0.2) is 13.0 Å². The van der Waals surface area contributed by atoms with E-state index in [1.54, 1.807) is 0 Å². The van der Waals surface area contributed by atoms with Gasteiger partial charge in [-0.3, -0.25) is 4.79 Å². The number of benzene rings is 2. The maximum Gasteiger partial charge on any atom is 0.258 e. The molecule has 2 rings (SSSR count). The van der Waals surface area contributed by atoms with Gasteiger partial charge < -0.3 is 15.8 Å². The number of hydrogen-bond donors (Lipinski definition) is 2. The highest BCUT2D eigenvalue weighted by Crippen LogP contribution is 2.19. The van der Waals surface area contributed by atoms with E-state index in [1.165, 1.54) is 7.11 Å².